The lowest BCUT2D eigenvalue weighted by Gasteiger charge is -2.11. The third-order valence-electron chi connectivity index (χ3n) is 5.08. The summed E-state index contributed by atoms with van der Waals surface area (Å²) in [7, 11) is -3.75. The highest BCUT2D eigenvalue weighted by molar-refractivity contribution is 7.90. The van der Waals surface area contributed by atoms with Crippen molar-refractivity contribution in [2.45, 2.75) is 37.0 Å². The second-order valence-corrected chi connectivity index (χ2v) is 9.04. The first kappa shape index (κ1) is 20.2. The Bertz CT molecular complexity index is 1200. The molecule has 0 aliphatic carbocycles. The Labute approximate surface area is 175 Å². The number of hydrogen-bond donors (Lipinski definition) is 3. The van der Waals surface area contributed by atoms with E-state index in [2.05, 4.69) is 20.0 Å². The van der Waals surface area contributed by atoms with E-state index < -0.39 is 10.0 Å². The third-order valence-corrected chi connectivity index (χ3v) is 6.46. The van der Waals surface area contributed by atoms with Crippen molar-refractivity contribution in [3.05, 3.63) is 60.3 Å². The average Bonchev–Trinajstić information content (AvgIpc) is 2.95. The fourth-order valence-electron chi connectivity index (χ4n) is 3.57. The number of amidine groups is 1. The number of carbonyl (C=O) groups is 1. The van der Waals surface area contributed by atoms with E-state index >= 15 is 0 Å². The molecule has 156 valence electrons. The molecule has 0 saturated carbocycles. The van der Waals surface area contributed by atoms with E-state index in [0.29, 0.717) is 24.5 Å². The second kappa shape index (κ2) is 8.71. The Morgan fingerprint density at radius 2 is 1.93 bits per heavy atom. The van der Waals surface area contributed by atoms with Gasteiger partial charge in [0.2, 0.25) is 5.91 Å². The maximum atomic E-state index is 12.7. The number of H-pyrrole nitrogens is 1. The minimum Gasteiger partial charge on any atom is -0.361 e. The van der Waals surface area contributed by atoms with E-state index in [4.69, 9.17) is 0 Å². The lowest BCUT2D eigenvalue weighted by molar-refractivity contribution is -0.115. The van der Waals surface area contributed by atoms with Gasteiger partial charge in [-0.2, -0.15) is 0 Å². The summed E-state index contributed by atoms with van der Waals surface area (Å²) in [4.78, 5) is 20.1. The zero-order valence-corrected chi connectivity index (χ0v) is 17.3. The molecule has 0 bridgehead atoms. The summed E-state index contributed by atoms with van der Waals surface area (Å²) in [5.74, 6) is 0.289. The molecule has 0 fully saturated rings. The highest BCUT2D eigenvalue weighted by Gasteiger charge is 2.18. The van der Waals surface area contributed by atoms with Crippen LogP contribution < -0.4 is 10.0 Å². The summed E-state index contributed by atoms with van der Waals surface area (Å²) in [5, 5.41) is 3.79. The highest BCUT2D eigenvalue weighted by Crippen LogP contribution is 2.20. The first-order valence-corrected chi connectivity index (χ1v) is 11.5. The SMILES string of the molecule is O=C(Cc1c[nH]c2ccccc12)Nc1cccc(S(=O)(=O)NC2=NCCCCC2)c1. The number of aliphatic imine (C=N–C) groups is 1. The van der Waals surface area contributed by atoms with Gasteiger partial charge >= 0.3 is 0 Å². The Kier molecular flexibility index (Phi) is 5.85. The van der Waals surface area contributed by atoms with Crippen molar-refractivity contribution in [1.82, 2.24) is 9.71 Å². The molecule has 2 heterocycles. The standard InChI is InChI=1S/C22H24N4O3S/c27-22(13-16-15-24-20-10-4-3-9-19(16)20)25-17-7-6-8-18(14-17)30(28,29)26-21-11-2-1-5-12-23-21/h3-4,6-10,14-15,24H,1-2,5,11-13H2,(H,23,26)(H,25,27). The van der Waals surface area contributed by atoms with Gasteiger partial charge in [-0.15, -0.1) is 0 Å². The molecule has 0 unspecified atom stereocenters. The molecule has 2 aromatic carbocycles. The van der Waals surface area contributed by atoms with Crippen molar-refractivity contribution >= 4 is 38.4 Å². The molecule has 1 amide bonds. The maximum Gasteiger partial charge on any atom is 0.262 e. The number of sulfonamides is 1. The number of amides is 1. The first-order chi connectivity index (χ1) is 14.5. The topological polar surface area (TPSA) is 103 Å². The van der Waals surface area contributed by atoms with E-state index in [-0.39, 0.29) is 17.2 Å². The number of hydrogen-bond acceptors (Lipinski definition) is 4. The van der Waals surface area contributed by atoms with Crippen LogP contribution in [0.2, 0.25) is 0 Å². The minimum atomic E-state index is -3.75. The number of benzene rings is 2. The summed E-state index contributed by atoms with van der Waals surface area (Å²) in [5.41, 5.74) is 2.30. The Morgan fingerprint density at radius 1 is 1.07 bits per heavy atom. The summed E-state index contributed by atoms with van der Waals surface area (Å²) >= 11 is 0. The van der Waals surface area contributed by atoms with Crippen molar-refractivity contribution in [1.29, 1.82) is 0 Å². The molecule has 3 aromatic rings. The lowest BCUT2D eigenvalue weighted by atomic mass is 10.1. The molecule has 4 rings (SSSR count). The number of carbonyl (C=O) groups excluding carboxylic acids is 1. The van der Waals surface area contributed by atoms with Crippen LogP contribution in [0.1, 0.15) is 31.2 Å². The summed E-state index contributed by atoms with van der Waals surface area (Å²) in [6.45, 7) is 0.641. The second-order valence-electron chi connectivity index (χ2n) is 7.36. The van der Waals surface area contributed by atoms with Crippen LogP contribution in [0.3, 0.4) is 0 Å². The average molecular weight is 425 g/mol. The zero-order chi connectivity index (χ0) is 21.0. The van der Waals surface area contributed by atoms with Crippen LogP contribution >= 0.6 is 0 Å². The Morgan fingerprint density at radius 3 is 2.83 bits per heavy atom. The number of aromatic nitrogens is 1. The predicted molar refractivity (Wildman–Crippen MR) is 118 cm³/mol. The van der Waals surface area contributed by atoms with Gasteiger partial charge in [0.15, 0.2) is 0 Å². The molecular formula is C22H24N4O3S. The van der Waals surface area contributed by atoms with Crippen LogP contribution in [0.4, 0.5) is 5.69 Å². The predicted octanol–water partition coefficient (Wildman–Crippen LogP) is 3.60. The molecule has 1 aliphatic heterocycles. The Hall–Kier alpha value is -3.13. The van der Waals surface area contributed by atoms with Crippen molar-refractivity contribution in [3.8, 4) is 0 Å². The van der Waals surface area contributed by atoms with Gasteiger partial charge in [-0.25, -0.2) is 8.42 Å². The normalized spacial score (nSPS) is 14.7. The van der Waals surface area contributed by atoms with Crippen LogP contribution in [0.15, 0.2) is 64.6 Å². The molecule has 8 heteroatoms. The minimum absolute atomic E-state index is 0.0966. The quantitative estimate of drug-likeness (QED) is 0.583. The van der Waals surface area contributed by atoms with Crippen LogP contribution in [0.25, 0.3) is 10.9 Å². The number of fused-ring (bicyclic) bond motifs is 1. The molecule has 1 aliphatic rings. The largest absolute Gasteiger partial charge is 0.361 e. The van der Waals surface area contributed by atoms with Gasteiger partial charge in [-0.05, 0) is 42.7 Å². The van der Waals surface area contributed by atoms with Crippen LogP contribution in [-0.4, -0.2) is 31.7 Å². The van der Waals surface area contributed by atoms with Gasteiger partial charge in [-0.3, -0.25) is 14.5 Å². The molecular weight excluding hydrogens is 400 g/mol. The van der Waals surface area contributed by atoms with Crippen LogP contribution in [0.5, 0.6) is 0 Å². The molecule has 7 nitrogen and oxygen atoms in total. The zero-order valence-electron chi connectivity index (χ0n) is 16.5. The number of nitrogens with zero attached hydrogens (tertiary/aromatic N) is 1. The maximum absolute atomic E-state index is 12.7. The first-order valence-electron chi connectivity index (χ1n) is 10.0. The van der Waals surface area contributed by atoms with Gasteiger partial charge in [0.1, 0.15) is 5.84 Å². The summed E-state index contributed by atoms with van der Waals surface area (Å²) < 4.78 is 28.1. The van der Waals surface area contributed by atoms with Crippen LogP contribution in [-0.2, 0) is 21.2 Å². The number of aromatic amines is 1. The van der Waals surface area contributed by atoms with E-state index in [0.717, 1.165) is 35.7 Å². The van der Waals surface area contributed by atoms with Gasteiger partial charge in [0.05, 0.1) is 11.3 Å². The number of anilines is 1. The number of para-hydroxylation sites is 1. The monoisotopic (exact) mass is 424 g/mol. The summed E-state index contributed by atoms with van der Waals surface area (Å²) in [6, 6.07) is 14.0. The van der Waals surface area contributed by atoms with Crippen molar-refractivity contribution in [2.75, 3.05) is 11.9 Å². The molecule has 0 radical (unpaired) electrons. The van der Waals surface area contributed by atoms with Crippen molar-refractivity contribution < 1.29 is 13.2 Å². The number of rotatable bonds is 5. The smallest absolute Gasteiger partial charge is 0.262 e. The van der Waals surface area contributed by atoms with Gasteiger partial charge in [0.25, 0.3) is 10.0 Å². The fourth-order valence-corrected chi connectivity index (χ4v) is 4.70. The van der Waals surface area contributed by atoms with Gasteiger partial charge in [0, 0.05) is 35.8 Å². The molecule has 0 spiro atoms. The van der Waals surface area contributed by atoms with Crippen molar-refractivity contribution in [3.63, 3.8) is 0 Å². The molecule has 1 aromatic heterocycles. The van der Waals surface area contributed by atoms with Gasteiger partial charge in [-0.1, -0.05) is 30.7 Å². The highest BCUT2D eigenvalue weighted by atomic mass is 32.2. The van der Waals surface area contributed by atoms with E-state index in [1.54, 1.807) is 12.1 Å². The molecule has 0 saturated heterocycles. The van der Waals surface area contributed by atoms with Gasteiger partial charge < -0.3 is 10.3 Å². The molecule has 0 atom stereocenters. The third kappa shape index (κ3) is 4.71. The number of nitrogens with one attached hydrogen (secondary N) is 3. The van der Waals surface area contributed by atoms with E-state index in [9.17, 15) is 13.2 Å². The van der Waals surface area contributed by atoms with Crippen LogP contribution in [0, 0.1) is 0 Å². The summed E-state index contributed by atoms with van der Waals surface area (Å²) in [6.07, 6.45) is 5.58. The molecule has 30 heavy (non-hydrogen) atoms. The van der Waals surface area contributed by atoms with E-state index in [1.807, 2.05) is 30.5 Å². The van der Waals surface area contributed by atoms with E-state index in [1.165, 1.54) is 12.1 Å². The Balaban J connectivity index is 1.46. The fraction of sp³-hybridized carbons (Fsp3) is 0.273. The van der Waals surface area contributed by atoms with Crippen molar-refractivity contribution in [2.24, 2.45) is 4.99 Å². The lowest BCUT2D eigenvalue weighted by Crippen LogP contribution is -2.30. The molecule has 3 N–H and O–H groups in total.